The van der Waals surface area contributed by atoms with Crippen molar-refractivity contribution < 1.29 is 9.59 Å². The maximum absolute atomic E-state index is 12.3. The molecule has 0 bridgehead atoms. The predicted octanol–water partition coefficient (Wildman–Crippen LogP) is 1.58. The average Bonchev–Trinajstić information content (AvgIpc) is 2.65. The minimum Gasteiger partial charge on any atom is -0.352 e. The summed E-state index contributed by atoms with van der Waals surface area (Å²) in [5, 5.41) is 3.90. The summed E-state index contributed by atoms with van der Waals surface area (Å²) in [5.74, 6) is 0.221. The Hall–Kier alpha value is -1.63. The van der Waals surface area contributed by atoms with Gasteiger partial charge >= 0.3 is 0 Å². The molecule has 6 nitrogen and oxygen atoms in total. The largest absolute Gasteiger partial charge is 0.352 e. The molecule has 1 aromatic rings. The van der Waals surface area contributed by atoms with E-state index in [-0.39, 0.29) is 17.9 Å². The van der Waals surface area contributed by atoms with Crippen LogP contribution >= 0.6 is 11.6 Å². The van der Waals surface area contributed by atoms with Crippen molar-refractivity contribution in [1.29, 1.82) is 0 Å². The topological polar surface area (TPSA) is 55.9 Å². The van der Waals surface area contributed by atoms with Gasteiger partial charge in [0.15, 0.2) is 0 Å². The molecule has 1 aromatic carbocycles. The molecule has 0 radical (unpaired) electrons. The Balaban J connectivity index is 1.34. The summed E-state index contributed by atoms with van der Waals surface area (Å²) >= 11 is 5.94. The number of benzene rings is 1. The molecule has 2 saturated heterocycles. The van der Waals surface area contributed by atoms with E-state index in [1.165, 1.54) is 5.56 Å². The second-order valence-corrected chi connectivity index (χ2v) is 7.96. The number of carbonyl (C=O) groups excluding carboxylic acids is 2. The van der Waals surface area contributed by atoms with Gasteiger partial charge in [0, 0.05) is 63.8 Å². The molecule has 3 rings (SSSR count). The zero-order valence-corrected chi connectivity index (χ0v) is 16.7. The van der Waals surface area contributed by atoms with Crippen LogP contribution in [0.15, 0.2) is 24.3 Å². The molecule has 0 aliphatic carbocycles. The Bertz CT molecular complexity index is 636. The molecule has 2 amide bonds. The summed E-state index contributed by atoms with van der Waals surface area (Å²) in [6, 6.07) is 8.19. The SMILES string of the molecule is CC(=O)N1CCC(NC(=O)CN2CCN(Cc3ccc(Cl)cc3)CC2)CC1. The molecule has 0 aromatic heterocycles. The van der Waals surface area contributed by atoms with Gasteiger partial charge in [0.25, 0.3) is 0 Å². The van der Waals surface area contributed by atoms with Gasteiger partial charge in [0.1, 0.15) is 0 Å². The number of hydrogen-bond acceptors (Lipinski definition) is 4. The van der Waals surface area contributed by atoms with Crippen LogP contribution in [0, 0.1) is 0 Å². The monoisotopic (exact) mass is 392 g/mol. The van der Waals surface area contributed by atoms with E-state index in [9.17, 15) is 9.59 Å². The van der Waals surface area contributed by atoms with Crippen molar-refractivity contribution in [3.63, 3.8) is 0 Å². The van der Waals surface area contributed by atoms with Crippen LogP contribution in [0.1, 0.15) is 25.3 Å². The van der Waals surface area contributed by atoms with Crippen LogP contribution in [-0.4, -0.2) is 78.4 Å². The molecule has 148 valence electrons. The third-order valence-electron chi connectivity index (χ3n) is 5.46. The van der Waals surface area contributed by atoms with Crippen molar-refractivity contribution in [2.45, 2.75) is 32.4 Å². The zero-order chi connectivity index (χ0) is 19.2. The quantitative estimate of drug-likeness (QED) is 0.826. The van der Waals surface area contributed by atoms with Crippen LogP contribution in [0.2, 0.25) is 5.02 Å². The molecule has 2 aliphatic rings. The molecule has 1 N–H and O–H groups in total. The number of amides is 2. The summed E-state index contributed by atoms with van der Waals surface area (Å²) < 4.78 is 0. The molecule has 7 heteroatoms. The zero-order valence-electron chi connectivity index (χ0n) is 16.0. The first-order valence-corrected chi connectivity index (χ1v) is 10.1. The lowest BCUT2D eigenvalue weighted by atomic mass is 10.1. The fourth-order valence-corrected chi connectivity index (χ4v) is 3.89. The number of nitrogens with one attached hydrogen (secondary N) is 1. The normalized spacial score (nSPS) is 19.9. The van der Waals surface area contributed by atoms with E-state index in [2.05, 4.69) is 27.2 Å². The molecule has 2 aliphatic heterocycles. The first-order valence-electron chi connectivity index (χ1n) is 9.73. The maximum atomic E-state index is 12.3. The van der Waals surface area contributed by atoms with E-state index in [1.54, 1.807) is 6.92 Å². The molecule has 2 heterocycles. The van der Waals surface area contributed by atoms with Crippen LogP contribution in [0.5, 0.6) is 0 Å². The van der Waals surface area contributed by atoms with Crippen LogP contribution in [0.4, 0.5) is 0 Å². The highest BCUT2D eigenvalue weighted by Gasteiger charge is 2.24. The third kappa shape index (κ3) is 6.19. The predicted molar refractivity (Wildman–Crippen MR) is 107 cm³/mol. The van der Waals surface area contributed by atoms with Crippen molar-refractivity contribution in [3.05, 3.63) is 34.9 Å². The first-order chi connectivity index (χ1) is 13.0. The second-order valence-electron chi connectivity index (χ2n) is 7.53. The van der Waals surface area contributed by atoms with E-state index >= 15 is 0 Å². The van der Waals surface area contributed by atoms with Crippen LogP contribution in [-0.2, 0) is 16.1 Å². The molecule has 0 atom stereocenters. The smallest absolute Gasteiger partial charge is 0.234 e. The Morgan fingerprint density at radius 2 is 1.59 bits per heavy atom. The van der Waals surface area contributed by atoms with Crippen molar-refractivity contribution in [3.8, 4) is 0 Å². The van der Waals surface area contributed by atoms with E-state index in [1.807, 2.05) is 17.0 Å². The summed E-state index contributed by atoms with van der Waals surface area (Å²) in [6.45, 7) is 8.21. The third-order valence-corrected chi connectivity index (χ3v) is 5.71. The Labute approximate surface area is 166 Å². The molecular weight excluding hydrogens is 364 g/mol. The van der Waals surface area contributed by atoms with Gasteiger partial charge in [-0.2, -0.15) is 0 Å². The number of piperidine rings is 1. The lowest BCUT2D eigenvalue weighted by Crippen LogP contribution is -2.51. The number of piperazine rings is 1. The van der Waals surface area contributed by atoms with Gasteiger partial charge in [0.05, 0.1) is 6.54 Å². The Morgan fingerprint density at radius 1 is 1.00 bits per heavy atom. The van der Waals surface area contributed by atoms with Crippen LogP contribution in [0.25, 0.3) is 0 Å². The number of halogens is 1. The standard InChI is InChI=1S/C20H29ClN4O2/c1-16(26)25-8-6-19(7-9-25)22-20(27)15-24-12-10-23(11-13-24)14-17-2-4-18(21)5-3-17/h2-5,19H,6-15H2,1H3,(H,22,27). The van der Waals surface area contributed by atoms with Gasteiger partial charge in [-0.1, -0.05) is 23.7 Å². The van der Waals surface area contributed by atoms with Gasteiger partial charge < -0.3 is 10.2 Å². The number of nitrogens with zero attached hydrogens (tertiary/aromatic N) is 3. The fourth-order valence-electron chi connectivity index (χ4n) is 3.77. The van der Waals surface area contributed by atoms with Crippen molar-refractivity contribution in [1.82, 2.24) is 20.0 Å². The highest BCUT2D eigenvalue weighted by molar-refractivity contribution is 6.30. The first kappa shape index (κ1) is 20.1. The molecule has 0 unspecified atom stereocenters. The fraction of sp³-hybridized carbons (Fsp3) is 0.600. The van der Waals surface area contributed by atoms with Crippen molar-refractivity contribution >= 4 is 23.4 Å². The second kappa shape index (κ2) is 9.53. The minimum atomic E-state index is 0.0995. The number of hydrogen-bond donors (Lipinski definition) is 1. The lowest BCUT2D eigenvalue weighted by Gasteiger charge is -2.35. The molecular formula is C20H29ClN4O2. The van der Waals surface area contributed by atoms with Gasteiger partial charge in [0.2, 0.25) is 11.8 Å². The Morgan fingerprint density at radius 3 is 2.19 bits per heavy atom. The number of carbonyl (C=O) groups is 2. The van der Waals surface area contributed by atoms with Crippen LogP contribution in [0.3, 0.4) is 0 Å². The molecule has 0 saturated carbocycles. The number of rotatable bonds is 5. The van der Waals surface area contributed by atoms with Gasteiger partial charge in [-0.3, -0.25) is 19.4 Å². The molecule has 27 heavy (non-hydrogen) atoms. The van der Waals surface area contributed by atoms with Gasteiger partial charge in [-0.25, -0.2) is 0 Å². The minimum absolute atomic E-state index is 0.0995. The highest BCUT2D eigenvalue weighted by Crippen LogP contribution is 2.13. The van der Waals surface area contributed by atoms with Gasteiger partial charge in [-0.05, 0) is 30.5 Å². The summed E-state index contributed by atoms with van der Waals surface area (Å²) in [6.07, 6.45) is 1.69. The summed E-state index contributed by atoms with van der Waals surface area (Å²) in [4.78, 5) is 30.2. The van der Waals surface area contributed by atoms with E-state index in [4.69, 9.17) is 11.6 Å². The summed E-state index contributed by atoms with van der Waals surface area (Å²) in [5.41, 5.74) is 1.27. The molecule has 0 spiro atoms. The highest BCUT2D eigenvalue weighted by atomic mass is 35.5. The maximum Gasteiger partial charge on any atom is 0.234 e. The average molecular weight is 393 g/mol. The molecule has 2 fully saturated rings. The van der Waals surface area contributed by atoms with E-state index in [0.717, 1.165) is 63.7 Å². The van der Waals surface area contributed by atoms with E-state index in [0.29, 0.717) is 6.54 Å². The number of likely N-dealkylation sites (tertiary alicyclic amines) is 1. The van der Waals surface area contributed by atoms with Gasteiger partial charge in [-0.15, -0.1) is 0 Å². The van der Waals surface area contributed by atoms with E-state index < -0.39 is 0 Å². The summed E-state index contributed by atoms with van der Waals surface area (Å²) in [7, 11) is 0. The van der Waals surface area contributed by atoms with Crippen molar-refractivity contribution in [2.75, 3.05) is 45.8 Å². The van der Waals surface area contributed by atoms with Crippen molar-refractivity contribution in [2.24, 2.45) is 0 Å². The lowest BCUT2D eigenvalue weighted by molar-refractivity contribution is -0.130. The Kier molecular flexibility index (Phi) is 7.10. The van der Waals surface area contributed by atoms with Crippen LogP contribution < -0.4 is 5.32 Å².